The predicted octanol–water partition coefficient (Wildman–Crippen LogP) is 2.62. The van der Waals surface area contributed by atoms with Crippen molar-refractivity contribution in [1.29, 1.82) is 0 Å². The van der Waals surface area contributed by atoms with Crippen molar-refractivity contribution in [2.75, 3.05) is 6.61 Å². The standard InChI is InChI=1S/C16H18N2O3S2/c1-3-21-15(20)11-7-18-14(19)12-9-5-4-8(2)6-10(9)22-13(12)17-16(18)23-11/h8,11H,3-7H2,1-2H3/t8-,11+/m0/s1. The molecule has 2 atom stereocenters. The zero-order valence-electron chi connectivity index (χ0n) is 13.1. The van der Waals surface area contributed by atoms with Crippen molar-refractivity contribution in [1.82, 2.24) is 9.55 Å². The molecule has 2 aromatic heterocycles. The van der Waals surface area contributed by atoms with Gasteiger partial charge in [-0.2, -0.15) is 0 Å². The number of esters is 1. The number of hydrogen-bond donors (Lipinski definition) is 0. The molecular formula is C16H18N2O3S2. The summed E-state index contributed by atoms with van der Waals surface area (Å²) < 4.78 is 6.73. The number of aryl methyl sites for hydroxylation is 1. The third-order valence-electron chi connectivity index (χ3n) is 4.53. The normalized spacial score (nSPS) is 22.9. The summed E-state index contributed by atoms with van der Waals surface area (Å²) in [6.45, 7) is 4.77. The van der Waals surface area contributed by atoms with Gasteiger partial charge in [-0.1, -0.05) is 18.7 Å². The zero-order chi connectivity index (χ0) is 16.1. The number of hydrogen-bond acceptors (Lipinski definition) is 6. The lowest BCUT2D eigenvalue weighted by Gasteiger charge is -2.17. The lowest BCUT2D eigenvalue weighted by molar-refractivity contribution is -0.142. The molecule has 0 radical (unpaired) electrons. The van der Waals surface area contributed by atoms with Crippen LogP contribution >= 0.6 is 23.1 Å². The second kappa shape index (κ2) is 5.63. The molecule has 7 heteroatoms. The molecule has 0 N–H and O–H groups in total. The number of thioether (sulfide) groups is 1. The van der Waals surface area contributed by atoms with E-state index in [2.05, 4.69) is 11.9 Å². The molecule has 3 heterocycles. The minimum atomic E-state index is -0.359. The van der Waals surface area contributed by atoms with Gasteiger partial charge in [0.15, 0.2) is 5.16 Å². The van der Waals surface area contributed by atoms with Crippen LogP contribution < -0.4 is 5.56 Å². The van der Waals surface area contributed by atoms with Crippen LogP contribution in [0.2, 0.25) is 0 Å². The fraction of sp³-hybridized carbons (Fsp3) is 0.562. The van der Waals surface area contributed by atoms with Crippen LogP contribution in [0, 0.1) is 5.92 Å². The molecule has 0 saturated heterocycles. The highest BCUT2D eigenvalue weighted by molar-refractivity contribution is 8.00. The van der Waals surface area contributed by atoms with Crippen molar-refractivity contribution < 1.29 is 9.53 Å². The predicted molar refractivity (Wildman–Crippen MR) is 91.3 cm³/mol. The molecule has 1 aliphatic heterocycles. The summed E-state index contributed by atoms with van der Waals surface area (Å²) in [7, 11) is 0. The first-order chi connectivity index (χ1) is 11.1. The summed E-state index contributed by atoms with van der Waals surface area (Å²) in [5, 5.41) is 1.07. The van der Waals surface area contributed by atoms with E-state index in [1.54, 1.807) is 22.8 Å². The second-order valence-corrected chi connectivity index (χ2v) is 8.45. The first-order valence-corrected chi connectivity index (χ1v) is 9.66. The number of carbonyl (C=O) groups is 1. The van der Waals surface area contributed by atoms with Crippen LogP contribution in [-0.4, -0.2) is 27.4 Å². The van der Waals surface area contributed by atoms with Gasteiger partial charge in [0.2, 0.25) is 0 Å². The minimum Gasteiger partial charge on any atom is -0.465 e. The Hall–Kier alpha value is -1.34. The quantitative estimate of drug-likeness (QED) is 0.615. The number of nitrogens with zero attached hydrogens (tertiary/aromatic N) is 2. The maximum Gasteiger partial charge on any atom is 0.321 e. The van der Waals surface area contributed by atoms with Crippen molar-refractivity contribution in [3.8, 4) is 0 Å². The molecule has 0 aromatic carbocycles. The molecule has 0 spiro atoms. The van der Waals surface area contributed by atoms with Crippen molar-refractivity contribution in [2.24, 2.45) is 5.92 Å². The Morgan fingerprint density at radius 1 is 1.48 bits per heavy atom. The fourth-order valence-corrected chi connectivity index (χ4v) is 5.85. The van der Waals surface area contributed by atoms with Gasteiger partial charge in [-0.3, -0.25) is 14.2 Å². The number of fused-ring (bicyclic) bond motifs is 4. The van der Waals surface area contributed by atoms with Crippen LogP contribution in [0.3, 0.4) is 0 Å². The van der Waals surface area contributed by atoms with Crippen LogP contribution in [-0.2, 0) is 28.9 Å². The van der Waals surface area contributed by atoms with E-state index in [1.807, 2.05) is 0 Å². The molecule has 0 saturated carbocycles. The summed E-state index contributed by atoms with van der Waals surface area (Å²) in [5.41, 5.74) is 1.21. The number of carbonyl (C=O) groups excluding carboxylic acids is 1. The van der Waals surface area contributed by atoms with Crippen molar-refractivity contribution in [3.63, 3.8) is 0 Å². The first-order valence-electron chi connectivity index (χ1n) is 7.96. The molecule has 23 heavy (non-hydrogen) atoms. The van der Waals surface area contributed by atoms with Crippen molar-refractivity contribution in [3.05, 3.63) is 20.8 Å². The van der Waals surface area contributed by atoms with Gasteiger partial charge in [0, 0.05) is 4.88 Å². The molecule has 1 aliphatic carbocycles. The third kappa shape index (κ3) is 2.41. The zero-order valence-corrected chi connectivity index (χ0v) is 14.8. The highest BCUT2D eigenvalue weighted by Crippen LogP contribution is 2.38. The van der Waals surface area contributed by atoms with Gasteiger partial charge in [-0.05, 0) is 37.7 Å². The Bertz CT molecular complexity index is 855. The molecule has 122 valence electrons. The number of ether oxygens (including phenoxy) is 1. The first kappa shape index (κ1) is 15.2. The van der Waals surface area contributed by atoms with Crippen LogP contribution in [0.1, 0.15) is 30.7 Å². The summed E-state index contributed by atoms with van der Waals surface area (Å²) in [4.78, 5) is 31.7. The van der Waals surface area contributed by atoms with Crippen LogP contribution in [0.4, 0.5) is 0 Å². The van der Waals surface area contributed by atoms with Gasteiger partial charge in [0.05, 0.1) is 18.5 Å². The average molecular weight is 350 g/mol. The summed E-state index contributed by atoms with van der Waals surface area (Å²) in [5.74, 6) is 0.411. The second-order valence-electron chi connectivity index (χ2n) is 6.20. The highest BCUT2D eigenvalue weighted by atomic mass is 32.2. The lowest BCUT2D eigenvalue weighted by Crippen LogP contribution is -2.26. The molecular weight excluding hydrogens is 332 g/mol. The van der Waals surface area contributed by atoms with E-state index in [4.69, 9.17) is 4.74 Å². The number of thiophene rings is 1. The maximum absolute atomic E-state index is 12.9. The monoisotopic (exact) mass is 350 g/mol. The SMILES string of the molecule is CCOC(=O)[C@H]1Cn2c(nc3sc4c(c3c2=O)CC[C@H](C)C4)S1. The van der Waals surface area contributed by atoms with Gasteiger partial charge < -0.3 is 4.74 Å². The number of aromatic nitrogens is 2. The molecule has 0 amide bonds. The maximum atomic E-state index is 12.9. The van der Waals surface area contributed by atoms with E-state index in [9.17, 15) is 9.59 Å². The Morgan fingerprint density at radius 2 is 2.30 bits per heavy atom. The Kier molecular flexibility index (Phi) is 3.72. The van der Waals surface area contributed by atoms with Crippen LogP contribution in [0.25, 0.3) is 10.2 Å². The van der Waals surface area contributed by atoms with Gasteiger partial charge in [0.1, 0.15) is 10.1 Å². The highest BCUT2D eigenvalue weighted by Gasteiger charge is 2.33. The topological polar surface area (TPSA) is 61.2 Å². The van der Waals surface area contributed by atoms with E-state index in [-0.39, 0.29) is 16.8 Å². The molecule has 2 aliphatic rings. The van der Waals surface area contributed by atoms with Gasteiger partial charge in [-0.15, -0.1) is 11.3 Å². The van der Waals surface area contributed by atoms with E-state index >= 15 is 0 Å². The number of rotatable bonds is 2. The van der Waals surface area contributed by atoms with E-state index in [0.29, 0.717) is 24.2 Å². The molecule has 0 bridgehead atoms. The Morgan fingerprint density at radius 3 is 3.09 bits per heavy atom. The van der Waals surface area contributed by atoms with Gasteiger partial charge in [-0.25, -0.2) is 4.98 Å². The van der Waals surface area contributed by atoms with Crippen molar-refractivity contribution >= 4 is 39.3 Å². The summed E-state index contributed by atoms with van der Waals surface area (Å²) in [6.07, 6.45) is 3.13. The third-order valence-corrected chi connectivity index (χ3v) is 6.82. The molecule has 2 aromatic rings. The molecule has 0 unspecified atom stereocenters. The molecule has 4 rings (SSSR count). The fourth-order valence-electron chi connectivity index (χ4n) is 3.34. The average Bonchev–Trinajstić information content (AvgIpc) is 3.08. The minimum absolute atomic E-state index is 0.0105. The van der Waals surface area contributed by atoms with E-state index < -0.39 is 0 Å². The Labute approximate surface area is 142 Å². The largest absolute Gasteiger partial charge is 0.465 e. The van der Waals surface area contributed by atoms with Gasteiger partial charge >= 0.3 is 5.97 Å². The summed E-state index contributed by atoms with van der Waals surface area (Å²) >= 11 is 2.99. The van der Waals surface area contributed by atoms with Crippen molar-refractivity contribution in [2.45, 2.75) is 50.1 Å². The lowest BCUT2D eigenvalue weighted by atomic mass is 9.89. The molecule has 0 fully saturated rings. The van der Waals surface area contributed by atoms with Gasteiger partial charge in [0.25, 0.3) is 5.56 Å². The Balaban J connectivity index is 1.78. The van der Waals surface area contributed by atoms with Crippen LogP contribution in [0.5, 0.6) is 0 Å². The van der Waals surface area contributed by atoms with E-state index in [1.165, 1.54) is 22.2 Å². The smallest absolute Gasteiger partial charge is 0.321 e. The summed E-state index contributed by atoms with van der Waals surface area (Å²) in [6, 6.07) is 0. The van der Waals surface area contributed by atoms with E-state index in [0.717, 1.165) is 29.5 Å². The van der Waals surface area contributed by atoms with Crippen LogP contribution in [0.15, 0.2) is 9.95 Å². The molecule has 5 nitrogen and oxygen atoms in total.